The fourth-order valence-electron chi connectivity index (χ4n) is 3.75. The van der Waals surface area contributed by atoms with Gasteiger partial charge in [-0.05, 0) is 37.2 Å². The standard InChI is InChI=1S/C21H32N6O/c1-15(2)18(23)19(28)25-13-21(16-7-5-4-6-8-16)11-9-17(10-12-21)27-20(24-3)26-14-22/h4-8,15,17-18H,9-13,23H2,1-3H3,(H,25,28)(H2,24,26,27)/t17?,18-,21?/m1/s1. The van der Waals surface area contributed by atoms with E-state index in [2.05, 4.69) is 33.1 Å². The van der Waals surface area contributed by atoms with Gasteiger partial charge in [0.2, 0.25) is 11.9 Å². The van der Waals surface area contributed by atoms with Gasteiger partial charge in [-0.25, -0.2) is 0 Å². The Morgan fingerprint density at radius 3 is 2.50 bits per heavy atom. The second-order valence-corrected chi connectivity index (χ2v) is 7.86. The molecule has 1 fully saturated rings. The fourth-order valence-corrected chi connectivity index (χ4v) is 3.75. The van der Waals surface area contributed by atoms with E-state index in [1.807, 2.05) is 38.2 Å². The summed E-state index contributed by atoms with van der Waals surface area (Å²) in [6.07, 6.45) is 5.60. The molecule has 2 rings (SSSR count). The number of guanidine groups is 1. The number of benzene rings is 1. The van der Waals surface area contributed by atoms with Crippen LogP contribution in [0.1, 0.15) is 45.1 Å². The summed E-state index contributed by atoms with van der Waals surface area (Å²) in [5, 5.41) is 17.8. The largest absolute Gasteiger partial charge is 0.354 e. The Morgan fingerprint density at radius 1 is 1.32 bits per heavy atom. The van der Waals surface area contributed by atoms with Crippen LogP contribution in [-0.2, 0) is 10.2 Å². The summed E-state index contributed by atoms with van der Waals surface area (Å²) in [5.41, 5.74) is 7.14. The molecule has 1 atom stereocenters. The van der Waals surface area contributed by atoms with Crippen LogP contribution in [0.3, 0.4) is 0 Å². The third kappa shape index (κ3) is 5.46. The highest BCUT2D eigenvalue weighted by Gasteiger charge is 2.37. The van der Waals surface area contributed by atoms with Crippen LogP contribution in [0.4, 0.5) is 0 Å². The average Bonchev–Trinajstić information content (AvgIpc) is 2.72. The Morgan fingerprint density at radius 2 is 1.96 bits per heavy atom. The Kier molecular flexibility index (Phi) is 7.82. The highest BCUT2D eigenvalue weighted by molar-refractivity contribution is 5.82. The van der Waals surface area contributed by atoms with Crippen LogP contribution in [0.2, 0.25) is 0 Å². The molecule has 5 N–H and O–H groups in total. The summed E-state index contributed by atoms with van der Waals surface area (Å²) in [6, 6.07) is 10.1. The molecule has 0 aromatic heterocycles. The van der Waals surface area contributed by atoms with E-state index in [-0.39, 0.29) is 23.3 Å². The maximum atomic E-state index is 12.4. The number of nitrogens with two attached hydrogens (primary N) is 1. The maximum absolute atomic E-state index is 12.4. The number of carbonyl (C=O) groups is 1. The highest BCUT2D eigenvalue weighted by atomic mass is 16.2. The van der Waals surface area contributed by atoms with Gasteiger partial charge in [-0.15, -0.1) is 0 Å². The first kappa shape index (κ1) is 21.7. The first-order chi connectivity index (χ1) is 13.4. The lowest BCUT2D eigenvalue weighted by Crippen LogP contribution is -2.52. The predicted molar refractivity (Wildman–Crippen MR) is 111 cm³/mol. The van der Waals surface area contributed by atoms with E-state index < -0.39 is 6.04 Å². The third-order valence-electron chi connectivity index (χ3n) is 5.69. The molecule has 0 bridgehead atoms. The number of aliphatic imine (C=N–C) groups is 1. The van der Waals surface area contributed by atoms with Crippen LogP contribution < -0.4 is 21.7 Å². The molecule has 0 heterocycles. The number of hydrogen-bond acceptors (Lipinski definition) is 4. The van der Waals surface area contributed by atoms with E-state index in [4.69, 9.17) is 11.0 Å². The van der Waals surface area contributed by atoms with Crippen LogP contribution >= 0.6 is 0 Å². The van der Waals surface area contributed by atoms with Gasteiger partial charge in [0.15, 0.2) is 6.19 Å². The lowest BCUT2D eigenvalue weighted by molar-refractivity contribution is -0.123. The van der Waals surface area contributed by atoms with E-state index in [1.165, 1.54) is 5.56 Å². The summed E-state index contributed by atoms with van der Waals surface area (Å²) in [4.78, 5) is 16.5. The summed E-state index contributed by atoms with van der Waals surface area (Å²) < 4.78 is 0. The first-order valence-corrected chi connectivity index (χ1v) is 9.89. The average molecular weight is 385 g/mol. The van der Waals surface area contributed by atoms with Crippen LogP contribution in [0.25, 0.3) is 0 Å². The molecule has 0 saturated heterocycles. The molecule has 1 saturated carbocycles. The summed E-state index contributed by atoms with van der Waals surface area (Å²) in [5.74, 6) is 0.507. The van der Waals surface area contributed by atoms with Crippen molar-refractivity contribution in [3.05, 3.63) is 35.9 Å². The van der Waals surface area contributed by atoms with Crippen molar-refractivity contribution in [2.45, 2.75) is 57.0 Å². The van der Waals surface area contributed by atoms with Crippen molar-refractivity contribution in [1.82, 2.24) is 16.0 Å². The van der Waals surface area contributed by atoms with Crippen molar-refractivity contribution in [2.24, 2.45) is 16.6 Å². The quantitative estimate of drug-likeness (QED) is 0.257. The van der Waals surface area contributed by atoms with Gasteiger partial charge in [-0.3, -0.25) is 15.1 Å². The Hall–Kier alpha value is -2.59. The van der Waals surface area contributed by atoms with E-state index in [1.54, 1.807) is 7.05 Å². The number of nitrogens with one attached hydrogen (secondary N) is 3. The zero-order valence-corrected chi connectivity index (χ0v) is 17.0. The lowest BCUT2D eigenvalue weighted by Gasteiger charge is -2.41. The van der Waals surface area contributed by atoms with Gasteiger partial charge in [0, 0.05) is 25.0 Å². The third-order valence-corrected chi connectivity index (χ3v) is 5.69. The van der Waals surface area contributed by atoms with Gasteiger partial charge < -0.3 is 16.4 Å². The minimum atomic E-state index is -0.494. The summed E-state index contributed by atoms with van der Waals surface area (Å²) in [6.45, 7) is 4.49. The first-order valence-electron chi connectivity index (χ1n) is 9.89. The monoisotopic (exact) mass is 384 g/mol. The van der Waals surface area contributed by atoms with Crippen molar-refractivity contribution in [3.8, 4) is 6.19 Å². The van der Waals surface area contributed by atoms with E-state index in [9.17, 15) is 4.79 Å². The molecule has 28 heavy (non-hydrogen) atoms. The van der Waals surface area contributed by atoms with Crippen LogP contribution in [0, 0.1) is 17.4 Å². The fraction of sp³-hybridized carbons (Fsp3) is 0.571. The molecule has 0 radical (unpaired) electrons. The Balaban J connectivity index is 2.09. The Labute approximate surface area is 167 Å². The van der Waals surface area contributed by atoms with Gasteiger partial charge in [0.1, 0.15) is 0 Å². The number of nitriles is 1. The number of rotatable bonds is 6. The molecule has 7 nitrogen and oxygen atoms in total. The number of amides is 1. The molecule has 1 aromatic rings. The van der Waals surface area contributed by atoms with Gasteiger partial charge >= 0.3 is 0 Å². The molecule has 1 amide bonds. The number of carbonyl (C=O) groups excluding carboxylic acids is 1. The predicted octanol–water partition coefficient (Wildman–Crippen LogP) is 1.61. The summed E-state index contributed by atoms with van der Waals surface area (Å²) >= 11 is 0. The molecule has 0 spiro atoms. The zero-order valence-electron chi connectivity index (χ0n) is 17.0. The van der Waals surface area contributed by atoms with Crippen molar-refractivity contribution in [2.75, 3.05) is 13.6 Å². The van der Waals surface area contributed by atoms with Crippen molar-refractivity contribution in [1.29, 1.82) is 5.26 Å². The molecular formula is C21H32N6O. The van der Waals surface area contributed by atoms with E-state index >= 15 is 0 Å². The summed E-state index contributed by atoms with van der Waals surface area (Å²) in [7, 11) is 1.65. The molecule has 0 unspecified atom stereocenters. The van der Waals surface area contributed by atoms with Crippen molar-refractivity contribution < 1.29 is 4.79 Å². The Bertz CT molecular complexity index is 701. The van der Waals surface area contributed by atoms with E-state index in [0.717, 1.165) is 25.7 Å². The normalized spacial score (nSPS) is 23.6. The molecule has 7 heteroatoms. The molecular weight excluding hydrogens is 352 g/mol. The van der Waals surface area contributed by atoms with Crippen LogP contribution in [-0.4, -0.2) is 37.5 Å². The number of hydrogen-bond donors (Lipinski definition) is 4. The van der Waals surface area contributed by atoms with E-state index in [0.29, 0.717) is 12.5 Å². The van der Waals surface area contributed by atoms with Gasteiger partial charge in [0.05, 0.1) is 6.04 Å². The lowest BCUT2D eigenvalue weighted by atomic mass is 9.68. The SMILES string of the molecule is CN=C(NC#N)NC1CCC(CNC(=O)[C@H](N)C(C)C)(c2ccccc2)CC1. The van der Waals surface area contributed by atoms with Gasteiger partial charge in [0.25, 0.3) is 0 Å². The molecule has 152 valence electrons. The molecule has 0 aliphatic heterocycles. The molecule has 1 aliphatic carbocycles. The minimum Gasteiger partial charge on any atom is -0.354 e. The molecule has 1 aromatic carbocycles. The van der Waals surface area contributed by atoms with Gasteiger partial charge in [-0.2, -0.15) is 5.26 Å². The highest BCUT2D eigenvalue weighted by Crippen LogP contribution is 2.39. The second-order valence-electron chi connectivity index (χ2n) is 7.86. The number of nitrogens with zero attached hydrogens (tertiary/aromatic N) is 2. The van der Waals surface area contributed by atoms with Crippen molar-refractivity contribution >= 4 is 11.9 Å². The van der Waals surface area contributed by atoms with Gasteiger partial charge in [-0.1, -0.05) is 44.2 Å². The van der Waals surface area contributed by atoms with Crippen LogP contribution in [0.15, 0.2) is 35.3 Å². The van der Waals surface area contributed by atoms with Crippen LogP contribution in [0.5, 0.6) is 0 Å². The molecule has 1 aliphatic rings. The zero-order chi connectivity index (χ0) is 20.6. The van der Waals surface area contributed by atoms with Crippen molar-refractivity contribution in [3.63, 3.8) is 0 Å². The second kappa shape index (κ2) is 10.1. The smallest absolute Gasteiger partial charge is 0.237 e. The topological polar surface area (TPSA) is 115 Å². The maximum Gasteiger partial charge on any atom is 0.237 e. The minimum absolute atomic E-state index is 0.0934.